The third kappa shape index (κ3) is 4.68. The molecule has 2 atom stereocenters. The van der Waals surface area contributed by atoms with Crippen LogP contribution in [0.4, 0.5) is 4.39 Å². The number of aliphatic hydroxyl groups is 1. The molecular weight excluding hydrogens is 331 g/mol. The van der Waals surface area contributed by atoms with Gasteiger partial charge in [-0.2, -0.15) is 0 Å². The van der Waals surface area contributed by atoms with Gasteiger partial charge in [-0.15, -0.1) is 12.4 Å². The Morgan fingerprint density at radius 2 is 1.88 bits per heavy atom. The van der Waals surface area contributed by atoms with Crippen molar-refractivity contribution >= 4 is 18.3 Å². The fraction of sp³-hybridized carbons (Fsp3) is 0.611. The Morgan fingerprint density at radius 3 is 2.54 bits per heavy atom. The predicted octanol–water partition coefficient (Wildman–Crippen LogP) is 2.00. The highest BCUT2D eigenvalue weighted by atomic mass is 35.5. The van der Waals surface area contributed by atoms with Crippen molar-refractivity contribution < 1.29 is 14.3 Å². The molecule has 0 bridgehead atoms. The third-order valence-electron chi connectivity index (χ3n) is 5.11. The summed E-state index contributed by atoms with van der Waals surface area (Å²) in [5.74, 6) is 0.140. The van der Waals surface area contributed by atoms with Crippen molar-refractivity contribution in [3.05, 3.63) is 35.6 Å². The molecule has 0 unspecified atom stereocenters. The number of carbonyl (C=O) groups excluding carboxylic acids is 1. The zero-order chi connectivity index (χ0) is 16.2. The van der Waals surface area contributed by atoms with Crippen LogP contribution in [-0.4, -0.2) is 48.2 Å². The maximum absolute atomic E-state index is 13.0. The summed E-state index contributed by atoms with van der Waals surface area (Å²) < 4.78 is 13.0. The van der Waals surface area contributed by atoms with Crippen LogP contribution in [0.1, 0.15) is 24.8 Å². The Hall–Kier alpha value is -1.17. The molecule has 1 aromatic carbocycles. The molecule has 2 heterocycles. The van der Waals surface area contributed by atoms with E-state index < -0.39 is 6.10 Å². The molecule has 2 aliphatic heterocycles. The minimum absolute atomic E-state index is 0. The summed E-state index contributed by atoms with van der Waals surface area (Å²) in [6.45, 7) is 3.06. The van der Waals surface area contributed by atoms with Gasteiger partial charge in [0.25, 0.3) is 0 Å². The molecule has 0 saturated carbocycles. The van der Waals surface area contributed by atoms with Crippen molar-refractivity contribution in [3.63, 3.8) is 0 Å². The van der Waals surface area contributed by atoms with E-state index in [9.17, 15) is 14.3 Å². The van der Waals surface area contributed by atoms with Crippen LogP contribution in [0.25, 0.3) is 0 Å². The van der Waals surface area contributed by atoms with Gasteiger partial charge in [0.05, 0.1) is 6.10 Å². The standard InChI is InChI=1S/C18H25FN2O2.ClH/c19-16-3-1-13(2-4-16)11-15-12-21(10-7-17(15)22)18(23)14-5-8-20-9-6-14;/h1-4,14-15,17,20,22H,5-12H2;1H/t15-,17-;/m1./s1. The molecule has 134 valence electrons. The molecule has 0 aromatic heterocycles. The molecule has 1 aromatic rings. The van der Waals surface area contributed by atoms with Gasteiger partial charge in [0.15, 0.2) is 0 Å². The number of likely N-dealkylation sites (tertiary alicyclic amines) is 1. The van der Waals surface area contributed by atoms with Crippen LogP contribution in [-0.2, 0) is 11.2 Å². The van der Waals surface area contributed by atoms with Gasteiger partial charge in [0.2, 0.25) is 5.91 Å². The second-order valence-corrected chi connectivity index (χ2v) is 6.76. The summed E-state index contributed by atoms with van der Waals surface area (Å²) in [4.78, 5) is 14.6. The molecule has 2 saturated heterocycles. The molecule has 24 heavy (non-hydrogen) atoms. The Kier molecular flexibility index (Phi) is 7.02. The number of piperidine rings is 2. The van der Waals surface area contributed by atoms with Crippen LogP contribution in [0.2, 0.25) is 0 Å². The first-order chi connectivity index (χ1) is 11.1. The lowest BCUT2D eigenvalue weighted by Gasteiger charge is -2.38. The molecule has 2 aliphatic rings. The van der Waals surface area contributed by atoms with E-state index in [0.717, 1.165) is 31.5 Å². The molecular formula is C18H26ClFN2O2. The van der Waals surface area contributed by atoms with Gasteiger partial charge in [-0.3, -0.25) is 4.79 Å². The lowest BCUT2D eigenvalue weighted by atomic mass is 9.87. The van der Waals surface area contributed by atoms with Gasteiger partial charge >= 0.3 is 0 Å². The fourth-order valence-corrected chi connectivity index (χ4v) is 3.67. The van der Waals surface area contributed by atoms with Crippen LogP contribution >= 0.6 is 12.4 Å². The number of halogens is 2. The van der Waals surface area contributed by atoms with Crippen LogP contribution < -0.4 is 5.32 Å². The topological polar surface area (TPSA) is 52.6 Å². The number of aliphatic hydroxyl groups excluding tert-OH is 1. The predicted molar refractivity (Wildman–Crippen MR) is 93.6 cm³/mol. The van der Waals surface area contributed by atoms with Gasteiger partial charge < -0.3 is 15.3 Å². The minimum Gasteiger partial charge on any atom is -0.393 e. The largest absolute Gasteiger partial charge is 0.393 e. The molecule has 6 heteroatoms. The minimum atomic E-state index is -0.392. The van der Waals surface area contributed by atoms with Crippen LogP contribution in [0.5, 0.6) is 0 Å². The lowest BCUT2D eigenvalue weighted by Crippen LogP contribution is -2.49. The maximum atomic E-state index is 13.0. The average Bonchev–Trinajstić information content (AvgIpc) is 2.59. The van der Waals surface area contributed by atoms with Crippen molar-refractivity contribution in [2.75, 3.05) is 26.2 Å². The van der Waals surface area contributed by atoms with Gasteiger partial charge in [0.1, 0.15) is 5.82 Å². The lowest BCUT2D eigenvalue weighted by molar-refractivity contribution is -0.140. The highest BCUT2D eigenvalue weighted by Gasteiger charge is 2.33. The van der Waals surface area contributed by atoms with E-state index in [0.29, 0.717) is 25.9 Å². The first-order valence-electron chi connectivity index (χ1n) is 8.55. The van der Waals surface area contributed by atoms with E-state index in [2.05, 4.69) is 5.32 Å². The molecule has 0 aliphatic carbocycles. The van der Waals surface area contributed by atoms with Gasteiger partial charge in [-0.25, -0.2) is 4.39 Å². The molecule has 4 nitrogen and oxygen atoms in total. The van der Waals surface area contributed by atoms with Gasteiger partial charge in [-0.1, -0.05) is 12.1 Å². The fourth-order valence-electron chi connectivity index (χ4n) is 3.67. The van der Waals surface area contributed by atoms with Crippen molar-refractivity contribution in [2.24, 2.45) is 11.8 Å². The van der Waals surface area contributed by atoms with E-state index in [-0.39, 0.29) is 36.0 Å². The second-order valence-electron chi connectivity index (χ2n) is 6.76. The number of nitrogens with one attached hydrogen (secondary N) is 1. The van der Waals surface area contributed by atoms with Gasteiger partial charge in [0, 0.05) is 24.9 Å². The number of rotatable bonds is 3. The molecule has 1 amide bonds. The summed E-state index contributed by atoms with van der Waals surface area (Å²) in [5.41, 5.74) is 1.01. The smallest absolute Gasteiger partial charge is 0.225 e. The van der Waals surface area contributed by atoms with Crippen molar-refractivity contribution in [1.82, 2.24) is 10.2 Å². The highest BCUT2D eigenvalue weighted by molar-refractivity contribution is 5.85. The van der Waals surface area contributed by atoms with E-state index in [1.54, 1.807) is 12.1 Å². The summed E-state index contributed by atoms with van der Waals surface area (Å²) in [5, 5.41) is 13.6. The number of hydrogen-bond acceptors (Lipinski definition) is 3. The first kappa shape index (κ1) is 19.2. The number of hydrogen-bond donors (Lipinski definition) is 2. The number of benzene rings is 1. The highest BCUT2D eigenvalue weighted by Crippen LogP contribution is 2.25. The van der Waals surface area contributed by atoms with Crippen molar-refractivity contribution in [1.29, 1.82) is 0 Å². The molecule has 0 radical (unpaired) electrons. The molecule has 3 rings (SSSR count). The van der Waals surface area contributed by atoms with Crippen molar-refractivity contribution in [3.8, 4) is 0 Å². The molecule has 0 spiro atoms. The summed E-state index contributed by atoms with van der Waals surface area (Å²) in [6, 6.07) is 6.41. The molecule has 2 fully saturated rings. The quantitative estimate of drug-likeness (QED) is 0.871. The van der Waals surface area contributed by atoms with E-state index in [4.69, 9.17) is 0 Å². The summed E-state index contributed by atoms with van der Waals surface area (Å²) in [6.07, 6.45) is 2.72. The SMILES string of the molecule is Cl.O=C(C1CCNCC1)N1CC[C@@H](O)[C@H](Cc2ccc(F)cc2)C1. The number of nitrogens with zero attached hydrogens (tertiary/aromatic N) is 1. The Bertz CT molecular complexity index is 534. The summed E-state index contributed by atoms with van der Waals surface area (Å²) in [7, 11) is 0. The van der Waals surface area contributed by atoms with E-state index in [1.165, 1.54) is 12.1 Å². The Morgan fingerprint density at radius 1 is 1.21 bits per heavy atom. The second kappa shape index (κ2) is 8.79. The zero-order valence-electron chi connectivity index (χ0n) is 13.8. The van der Waals surface area contributed by atoms with E-state index >= 15 is 0 Å². The number of carbonyl (C=O) groups is 1. The van der Waals surface area contributed by atoms with Crippen LogP contribution in [0, 0.1) is 17.7 Å². The monoisotopic (exact) mass is 356 g/mol. The number of amides is 1. The first-order valence-corrected chi connectivity index (χ1v) is 8.55. The van der Waals surface area contributed by atoms with Crippen molar-refractivity contribution in [2.45, 2.75) is 31.8 Å². The van der Waals surface area contributed by atoms with Crippen LogP contribution in [0.15, 0.2) is 24.3 Å². The Balaban J connectivity index is 0.00000208. The normalized spacial score (nSPS) is 25.2. The van der Waals surface area contributed by atoms with Crippen LogP contribution in [0.3, 0.4) is 0 Å². The Labute approximate surface area is 148 Å². The third-order valence-corrected chi connectivity index (χ3v) is 5.11. The van der Waals surface area contributed by atoms with E-state index in [1.807, 2.05) is 4.90 Å². The average molecular weight is 357 g/mol. The maximum Gasteiger partial charge on any atom is 0.225 e. The van der Waals surface area contributed by atoms with Gasteiger partial charge in [-0.05, 0) is 56.5 Å². The zero-order valence-corrected chi connectivity index (χ0v) is 14.6. The summed E-state index contributed by atoms with van der Waals surface area (Å²) >= 11 is 0. The molecule has 2 N–H and O–H groups in total.